The van der Waals surface area contributed by atoms with Crippen LogP contribution >= 0.6 is 0 Å². The van der Waals surface area contributed by atoms with Gasteiger partial charge in [0, 0.05) is 19.0 Å². The maximum Gasteiger partial charge on any atom is 0.342 e. The molecule has 1 rings (SSSR count). The molecular weight excluding hydrogens is 226 g/mol. The minimum Gasteiger partial charge on any atom is -0.364 e. The van der Waals surface area contributed by atoms with Gasteiger partial charge in [0.25, 0.3) is 5.56 Å². The van der Waals surface area contributed by atoms with E-state index in [0.717, 1.165) is 0 Å². The number of aromatic amines is 2. The molecule has 17 heavy (non-hydrogen) atoms. The van der Waals surface area contributed by atoms with Gasteiger partial charge in [-0.1, -0.05) is 0 Å². The van der Waals surface area contributed by atoms with Gasteiger partial charge in [-0.25, -0.2) is 9.89 Å². The first kappa shape index (κ1) is 12.9. The van der Waals surface area contributed by atoms with E-state index in [4.69, 9.17) is 0 Å². The van der Waals surface area contributed by atoms with Crippen LogP contribution in [0.15, 0.2) is 9.59 Å². The van der Waals surface area contributed by atoms with Crippen LogP contribution < -0.4 is 21.9 Å². The molecule has 0 aliphatic heterocycles. The van der Waals surface area contributed by atoms with Gasteiger partial charge in [-0.05, 0) is 13.8 Å². The summed E-state index contributed by atoms with van der Waals surface area (Å²) in [4.78, 5) is 35.2. The lowest BCUT2D eigenvalue weighted by molar-refractivity contribution is -0.121. The lowest BCUT2D eigenvalue weighted by Gasteiger charge is -2.08. The Labute approximate surface area is 96.8 Å². The second-order valence-electron chi connectivity index (χ2n) is 3.75. The van der Waals surface area contributed by atoms with Gasteiger partial charge in [-0.3, -0.25) is 14.6 Å². The summed E-state index contributed by atoms with van der Waals surface area (Å²) in [5, 5.41) is 11.0. The van der Waals surface area contributed by atoms with E-state index < -0.39 is 11.2 Å². The highest BCUT2D eigenvalue weighted by molar-refractivity contribution is 5.76. The highest BCUT2D eigenvalue weighted by Crippen LogP contribution is 1.89. The van der Waals surface area contributed by atoms with E-state index in [1.54, 1.807) is 0 Å². The maximum atomic E-state index is 11.3. The van der Waals surface area contributed by atoms with Crippen LogP contribution in [0.5, 0.6) is 0 Å². The number of hydrogen-bond donors (Lipinski definition) is 4. The molecule has 0 saturated heterocycles. The lowest BCUT2D eigenvalue weighted by Crippen LogP contribution is -2.32. The van der Waals surface area contributed by atoms with Crippen LogP contribution in [0.25, 0.3) is 0 Å². The van der Waals surface area contributed by atoms with Gasteiger partial charge in [0.15, 0.2) is 0 Å². The van der Waals surface area contributed by atoms with Crippen molar-refractivity contribution in [3.63, 3.8) is 0 Å². The molecule has 0 spiro atoms. The summed E-state index contributed by atoms with van der Waals surface area (Å²) < 4.78 is 0. The molecule has 0 saturated carbocycles. The Morgan fingerprint density at radius 3 is 2.71 bits per heavy atom. The topological polar surface area (TPSA) is 120 Å². The molecule has 8 heteroatoms. The van der Waals surface area contributed by atoms with E-state index in [-0.39, 0.29) is 30.7 Å². The molecule has 1 amide bonds. The van der Waals surface area contributed by atoms with Crippen molar-refractivity contribution in [3.05, 3.63) is 20.8 Å². The first-order chi connectivity index (χ1) is 7.99. The Morgan fingerprint density at radius 1 is 1.41 bits per heavy atom. The monoisotopic (exact) mass is 241 g/mol. The van der Waals surface area contributed by atoms with Gasteiger partial charge in [-0.15, -0.1) is 5.10 Å². The van der Waals surface area contributed by atoms with Gasteiger partial charge < -0.3 is 10.6 Å². The third kappa shape index (κ3) is 4.49. The molecule has 0 aliphatic rings. The van der Waals surface area contributed by atoms with Crippen LogP contribution in [0.3, 0.4) is 0 Å². The van der Waals surface area contributed by atoms with Crippen LogP contribution in [-0.4, -0.2) is 33.7 Å². The zero-order valence-electron chi connectivity index (χ0n) is 9.66. The Morgan fingerprint density at radius 2 is 2.12 bits per heavy atom. The predicted octanol–water partition coefficient (Wildman–Crippen LogP) is -1.22. The van der Waals surface area contributed by atoms with Crippen molar-refractivity contribution in [3.8, 4) is 0 Å². The van der Waals surface area contributed by atoms with Crippen molar-refractivity contribution >= 4 is 11.7 Å². The normalized spacial score (nSPS) is 10.3. The molecule has 1 aromatic heterocycles. The molecule has 0 bridgehead atoms. The van der Waals surface area contributed by atoms with Crippen LogP contribution in [0.4, 0.5) is 5.82 Å². The third-order valence-electron chi connectivity index (χ3n) is 1.81. The molecule has 0 fully saturated rings. The van der Waals surface area contributed by atoms with Crippen molar-refractivity contribution in [2.24, 2.45) is 0 Å². The SMILES string of the molecule is CC(C)NC(=O)CCNc1n[nH]c(=O)[nH]c1=O. The first-order valence-corrected chi connectivity index (χ1v) is 5.21. The fourth-order valence-electron chi connectivity index (χ4n) is 1.16. The van der Waals surface area contributed by atoms with Crippen LogP contribution in [-0.2, 0) is 4.79 Å². The summed E-state index contributed by atoms with van der Waals surface area (Å²) in [6.45, 7) is 3.99. The summed E-state index contributed by atoms with van der Waals surface area (Å²) in [6.07, 6.45) is 0.221. The van der Waals surface area contributed by atoms with E-state index in [2.05, 4.69) is 20.8 Å². The number of anilines is 1. The third-order valence-corrected chi connectivity index (χ3v) is 1.81. The Kier molecular flexibility index (Phi) is 4.44. The number of rotatable bonds is 5. The maximum absolute atomic E-state index is 11.3. The number of amides is 1. The van der Waals surface area contributed by atoms with E-state index >= 15 is 0 Å². The van der Waals surface area contributed by atoms with Crippen molar-refractivity contribution in [2.45, 2.75) is 26.3 Å². The second-order valence-corrected chi connectivity index (χ2v) is 3.75. The van der Waals surface area contributed by atoms with Gasteiger partial charge in [0.2, 0.25) is 11.7 Å². The minimum atomic E-state index is -0.668. The Balaban J connectivity index is 2.44. The summed E-state index contributed by atoms with van der Waals surface area (Å²) in [5.74, 6) is -0.129. The molecule has 1 heterocycles. The fraction of sp³-hybridized carbons (Fsp3) is 0.556. The minimum absolute atomic E-state index is 0.0121. The zero-order chi connectivity index (χ0) is 12.8. The van der Waals surface area contributed by atoms with Crippen molar-refractivity contribution in [2.75, 3.05) is 11.9 Å². The quantitative estimate of drug-likeness (QED) is 0.515. The number of carbonyl (C=O) groups is 1. The highest BCUT2D eigenvalue weighted by Gasteiger charge is 2.05. The van der Waals surface area contributed by atoms with Gasteiger partial charge in [-0.2, -0.15) is 0 Å². The summed E-state index contributed by atoms with van der Waals surface area (Å²) in [7, 11) is 0. The molecule has 0 aliphatic carbocycles. The average Bonchev–Trinajstić information content (AvgIpc) is 2.20. The molecule has 4 N–H and O–H groups in total. The molecule has 0 aromatic carbocycles. The van der Waals surface area contributed by atoms with Crippen molar-refractivity contribution in [1.82, 2.24) is 20.5 Å². The molecule has 0 unspecified atom stereocenters. The molecule has 0 radical (unpaired) electrons. The fourth-order valence-corrected chi connectivity index (χ4v) is 1.16. The Bertz CT molecular complexity index is 490. The van der Waals surface area contributed by atoms with Crippen molar-refractivity contribution in [1.29, 1.82) is 0 Å². The smallest absolute Gasteiger partial charge is 0.342 e. The average molecular weight is 241 g/mol. The number of carbonyl (C=O) groups excluding carboxylic acids is 1. The van der Waals surface area contributed by atoms with E-state index in [9.17, 15) is 14.4 Å². The van der Waals surface area contributed by atoms with Crippen molar-refractivity contribution < 1.29 is 4.79 Å². The molecule has 8 nitrogen and oxygen atoms in total. The van der Waals surface area contributed by atoms with Gasteiger partial charge in [0.1, 0.15) is 0 Å². The molecule has 94 valence electrons. The second kappa shape index (κ2) is 5.83. The van der Waals surface area contributed by atoms with Crippen LogP contribution in [0, 0.1) is 0 Å². The molecular formula is C9H15N5O3. The van der Waals surface area contributed by atoms with Crippen LogP contribution in [0.1, 0.15) is 20.3 Å². The highest BCUT2D eigenvalue weighted by atomic mass is 16.2. The van der Waals surface area contributed by atoms with Gasteiger partial charge >= 0.3 is 5.69 Å². The summed E-state index contributed by atoms with van der Waals surface area (Å²) in [5.41, 5.74) is -1.28. The zero-order valence-corrected chi connectivity index (χ0v) is 9.66. The lowest BCUT2D eigenvalue weighted by atomic mass is 10.3. The number of H-pyrrole nitrogens is 2. The molecule has 0 atom stereocenters. The van der Waals surface area contributed by atoms with Crippen LogP contribution in [0.2, 0.25) is 0 Å². The molecule has 1 aromatic rings. The van der Waals surface area contributed by atoms with Gasteiger partial charge in [0.05, 0.1) is 0 Å². The summed E-state index contributed by atoms with van der Waals surface area (Å²) in [6, 6.07) is 0.0807. The predicted molar refractivity (Wildman–Crippen MR) is 61.9 cm³/mol. The number of hydrogen-bond acceptors (Lipinski definition) is 5. The van der Waals surface area contributed by atoms with E-state index in [1.165, 1.54) is 0 Å². The Hall–Kier alpha value is -2.12. The number of nitrogens with one attached hydrogen (secondary N) is 4. The number of nitrogens with zero attached hydrogens (tertiary/aromatic N) is 1. The largest absolute Gasteiger partial charge is 0.364 e. The first-order valence-electron chi connectivity index (χ1n) is 5.21. The summed E-state index contributed by atoms with van der Waals surface area (Å²) >= 11 is 0. The van der Waals surface area contributed by atoms with E-state index in [1.807, 2.05) is 18.8 Å². The standard InChI is InChI=1S/C9H15N5O3/c1-5(2)11-6(15)3-4-10-7-8(16)12-9(17)14-13-7/h5H,3-4H2,1-2H3,(H,10,13)(H,11,15)(H2,12,14,16,17). The van der Waals surface area contributed by atoms with E-state index in [0.29, 0.717) is 0 Å². The number of aromatic nitrogens is 3.